The van der Waals surface area contributed by atoms with E-state index in [9.17, 15) is 9.59 Å². The van der Waals surface area contributed by atoms with Gasteiger partial charge in [-0.15, -0.1) is 11.8 Å². The Bertz CT molecular complexity index is 513. The van der Waals surface area contributed by atoms with E-state index in [0.717, 1.165) is 4.57 Å². The number of aromatic nitrogens is 2. The fourth-order valence-corrected chi connectivity index (χ4v) is 2.05. The Hall–Kier alpha value is -1.30. The second kappa shape index (κ2) is 4.48. The molecular formula is C9H13N3O2S. The van der Waals surface area contributed by atoms with Crippen LogP contribution in [0.3, 0.4) is 0 Å². The summed E-state index contributed by atoms with van der Waals surface area (Å²) < 4.78 is 2.53. The van der Waals surface area contributed by atoms with E-state index in [-0.39, 0.29) is 11.2 Å². The molecule has 0 saturated carbocycles. The third-order valence-electron chi connectivity index (χ3n) is 2.10. The molecule has 0 radical (unpaired) electrons. The molecule has 0 bridgehead atoms. The van der Waals surface area contributed by atoms with Crippen molar-refractivity contribution in [1.82, 2.24) is 9.13 Å². The molecule has 5 nitrogen and oxygen atoms in total. The Morgan fingerprint density at radius 2 is 1.87 bits per heavy atom. The minimum Gasteiger partial charge on any atom is -0.296 e. The molecule has 15 heavy (non-hydrogen) atoms. The number of hydrogen-bond acceptors (Lipinski definition) is 4. The molecule has 0 unspecified atom stereocenters. The molecule has 6 heteroatoms. The van der Waals surface area contributed by atoms with E-state index in [0.29, 0.717) is 10.6 Å². The van der Waals surface area contributed by atoms with Crippen molar-refractivity contribution in [3.05, 3.63) is 26.4 Å². The van der Waals surface area contributed by atoms with Gasteiger partial charge in [0, 0.05) is 27.4 Å². The summed E-state index contributed by atoms with van der Waals surface area (Å²) in [4.78, 5) is 27.2. The van der Waals surface area contributed by atoms with E-state index in [1.165, 1.54) is 29.6 Å². The van der Waals surface area contributed by atoms with Crippen LogP contribution in [-0.2, 0) is 14.1 Å². The van der Waals surface area contributed by atoms with Gasteiger partial charge >= 0.3 is 5.69 Å². The van der Waals surface area contributed by atoms with Crippen molar-refractivity contribution >= 4 is 18.0 Å². The quantitative estimate of drug-likeness (QED) is 0.401. The van der Waals surface area contributed by atoms with Gasteiger partial charge in [-0.25, -0.2) is 4.79 Å². The Morgan fingerprint density at radius 1 is 1.27 bits per heavy atom. The monoisotopic (exact) mass is 227 g/mol. The molecule has 0 spiro atoms. The molecule has 1 heterocycles. The van der Waals surface area contributed by atoms with Crippen LogP contribution in [0.1, 0.15) is 5.56 Å². The zero-order valence-electron chi connectivity index (χ0n) is 9.14. The van der Waals surface area contributed by atoms with Crippen molar-refractivity contribution in [2.24, 2.45) is 19.1 Å². The van der Waals surface area contributed by atoms with Crippen molar-refractivity contribution in [1.29, 1.82) is 0 Å². The van der Waals surface area contributed by atoms with Gasteiger partial charge < -0.3 is 0 Å². The smallest absolute Gasteiger partial charge is 0.296 e. The minimum absolute atomic E-state index is 0.312. The van der Waals surface area contributed by atoms with Gasteiger partial charge in [0.1, 0.15) is 0 Å². The first-order chi connectivity index (χ1) is 7.04. The van der Waals surface area contributed by atoms with E-state index in [1.807, 2.05) is 6.26 Å². The molecule has 0 amide bonds. The van der Waals surface area contributed by atoms with Gasteiger partial charge in [-0.3, -0.25) is 18.9 Å². The van der Waals surface area contributed by atoms with Crippen molar-refractivity contribution in [2.45, 2.75) is 5.03 Å². The van der Waals surface area contributed by atoms with Crippen molar-refractivity contribution in [3.63, 3.8) is 0 Å². The summed E-state index contributed by atoms with van der Waals surface area (Å²) in [6.45, 7) is 0. The predicted octanol–water partition coefficient (Wildman–Crippen LogP) is -0.145. The largest absolute Gasteiger partial charge is 0.331 e. The summed E-state index contributed by atoms with van der Waals surface area (Å²) in [7, 11) is 4.69. The van der Waals surface area contributed by atoms with Crippen LogP contribution >= 0.6 is 11.8 Å². The number of rotatable bonds is 2. The molecule has 0 aliphatic carbocycles. The highest BCUT2D eigenvalue weighted by molar-refractivity contribution is 7.98. The third-order valence-corrected chi connectivity index (χ3v) is 2.98. The second-order valence-corrected chi connectivity index (χ2v) is 3.81. The normalized spacial score (nSPS) is 11.2. The van der Waals surface area contributed by atoms with Crippen LogP contribution in [0.5, 0.6) is 0 Å². The van der Waals surface area contributed by atoms with Crippen molar-refractivity contribution in [3.8, 4) is 0 Å². The lowest BCUT2D eigenvalue weighted by atomic mass is 10.3. The second-order valence-electron chi connectivity index (χ2n) is 3.02. The zero-order chi connectivity index (χ0) is 11.6. The lowest BCUT2D eigenvalue weighted by Crippen LogP contribution is -2.39. The van der Waals surface area contributed by atoms with Crippen LogP contribution in [0, 0.1) is 0 Å². The van der Waals surface area contributed by atoms with Crippen LogP contribution in [-0.4, -0.2) is 28.7 Å². The number of aliphatic imine (C=N–C) groups is 1. The van der Waals surface area contributed by atoms with E-state index in [4.69, 9.17) is 0 Å². The van der Waals surface area contributed by atoms with Gasteiger partial charge in [-0.05, 0) is 6.26 Å². The van der Waals surface area contributed by atoms with E-state index in [1.54, 1.807) is 14.1 Å². The summed E-state index contributed by atoms with van der Waals surface area (Å²) in [5.41, 5.74) is -0.180. The molecule has 1 aromatic heterocycles. The summed E-state index contributed by atoms with van der Waals surface area (Å²) in [5, 5.41) is 0.633. The van der Waals surface area contributed by atoms with Gasteiger partial charge in [0.25, 0.3) is 5.56 Å². The molecule has 1 aromatic rings. The number of nitrogens with zero attached hydrogens (tertiary/aromatic N) is 3. The minimum atomic E-state index is -0.322. The fourth-order valence-electron chi connectivity index (χ4n) is 1.34. The van der Waals surface area contributed by atoms with Crippen LogP contribution in [0.15, 0.2) is 19.6 Å². The SMILES string of the molecule is CN=Cc1c(SC)n(C)c(=O)n(C)c1=O. The van der Waals surface area contributed by atoms with Crippen LogP contribution in [0.25, 0.3) is 0 Å². The first-order valence-electron chi connectivity index (χ1n) is 4.30. The lowest BCUT2D eigenvalue weighted by molar-refractivity contribution is 0.634. The van der Waals surface area contributed by atoms with Crippen LogP contribution in [0.4, 0.5) is 0 Å². The summed E-state index contributed by atoms with van der Waals surface area (Å²) in [5.74, 6) is 0. The van der Waals surface area contributed by atoms with Gasteiger partial charge in [0.15, 0.2) is 0 Å². The predicted molar refractivity (Wildman–Crippen MR) is 62.2 cm³/mol. The summed E-state index contributed by atoms with van der Waals surface area (Å²) in [6.07, 6.45) is 3.30. The van der Waals surface area contributed by atoms with E-state index in [2.05, 4.69) is 4.99 Å². The average Bonchev–Trinajstić information content (AvgIpc) is 2.24. The molecule has 82 valence electrons. The molecular weight excluding hydrogens is 214 g/mol. The first-order valence-corrected chi connectivity index (χ1v) is 5.53. The van der Waals surface area contributed by atoms with Crippen molar-refractivity contribution < 1.29 is 0 Å². The maximum Gasteiger partial charge on any atom is 0.331 e. The number of thioether (sulfide) groups is 1. The van der Waals surface area contributed by atoms with Gasteiger partial charge in [0.2, 0.25) is 0 Å². The maximum absolute atomic E-state index is 11.8. The van der Waals surface area contributed by atoms with Crippen LogP contribution in [0.2, 0.25) is 0 Å². The van der Waals surface area contributed by atoms with Gasteiger partial charge in [0.05, 0.1) is 10.6 Å². The topological polar surface area (TPSA) is 56.4 Å². The highest BCUT2D eigenvalue weighted by Crippen LogP contribution is 2.12. The highest BCUT2D eigenvalue weighted by atomic mass is 32.2. The molecule has 0 aliphatic rings. The average molecular weight is 227 g/mol. The van der Waals surface area contributed by atoms with E-state index >= 15 is 0 Å². The Morgan fingerprint density at radius 3 is 2.33 bits per heavy atom. The van der Waals surface area contributed by atoms with Gasteiger partial charge in [-0.2, -0.15) is 0 Å². The Labute approximate surface area is 91.5 Å². The Kier molecular flexibility index (Phi) is 3.52. The highest BCUT2D eigenvalue weighted by Gasteiger charge is 2.12. The third kappa shape index (κ3) is 1.90. The molecule has 0 N–H and O–H groups in total. The molecule has 1 rings (SSSR count). The fraction of sp³-hybridized carbons (Fsp3) is 0.444. The first kappa shape index (κ1) is 11.8. The maximum atomic E-state index is 11.8. The number of hydrogen-bond donors (Lipinski definition) is 0. The Balaban J connectivity index is 3.78. The molecule has 0 aromatic carbocycles. The molecule has 0 saturated heterocycles. The zero-order valence-corrected chi connectivity index (χ0v) is 9.96. The van der Waals surface area contributed by atoms with Crippen molar-refractivity contribution in [2.75, 3.05) is 13.3 Å². The van der Waals surface area contributed by atoms with Crippen LogP contribution < -0.4 is 11.2 Å². The van der Waals surface area contributed by atoms with Gasteiger partial charge in [-0.1, -0.05) is 0 Å². The summed E-state index contributed by atoms with van der Waals surface area (Å²) in [6, 6.07) is 0. The molecule has 0 atom stereocenters. The molecule has 0 fully saturated rings. The standard InChI is InChI=1S/C9H13N3O2S/c1-10-5-6-7(13)11(2)9(14)12(3)8(6)15-4/h5H,1-4H3. The molecule has 0 aliphatic heterocycles. The lowest BCUT2D eigenvalue weighted by Gasteiger charge is -2.09. The summed E-state index contributed by atoms with van der Waals surface area (Å²) >= 11 is 1.36. The van der Waals surface area contributed by atoms with E-state index < -0.39 is 0 Å².